The van der Waals surface area contributed by atoms with Crippen LogP contribution >= 0.6 is 47.8 Å². The van der Waals surface area contributed by atoms with E-state index in [1.807, 2.05) is 24.3 Å². The standard InChI is InChI=1S/C12H5Br3O/c13-7-4-5-9(15)12-10(7)6-2-1-3-8(14)11(6)16-12/h1-5H. The molecule has 80 valence electrons. The Labute approximate surface area is 117 Å². The fourth-order valence-electron chi connectivity index (χ4n) is 1.80. The van der Waals surface area contributed by atoms with Crippen LogP contribution in [0.2, 0.25) is 0 Å². The molecule has 0 aliphatic heterocycles. The van der Waals surface area contributed by atoms with Gasteiger partial charge in [-0.05, 0) is 50.1 Å². The first-order valence-corrected chi connectivity index (χ1v) is 7.01. The van der Waals surface area contributed by atoms with Crippen molar-refractivity contribution in [2.24, 2.45) is 0 Å². The highest BCUT2D eigenvalue weighted by Crippen LogP contribution is 2.40. The normalized spacial score (nSPS) is 11.4. The second-order valence-electron chi connectivity index (χ2n) is 3.45. The monoisotopic (exact) mass is 402 g/mol. The van der Waals surface area contributed by atoms with Gasteiger partial charge in [0.1, 0.15) is 5.58 Å². The molecule has 0 amide bonds. The summed E-state index contributed by atoms with van der Waals surface area (Å²) in [4.78, 5) is 0. The fraction of sp³-hybridized carbons (Fsp3) is 0. The number of hydrogen-bond acceptors (Lipinski definition) is 1. The van der Waals surface area contributed by atoms with E-state index in [0.29, 0.717) is 0 Å². The van der Waals surface area contributed by atoms with Gasteiger partial charge in [0.15, 0.2) is 5.58 Å². The van der Waals surface area contributed by atoms with Gasteiger partial charge in [0.05, 0.1) is 8.95 Å². The van der Waals surface area contributed by atoms with Gasteiger partial charge in [-0.3, -0.25) is 0 Å². The lowest BCUT2D eigenvalue weighted by atomic mass is 10.1. The van der Waals surface area contributed by atoms with E-state index in [9.17, 15) is 0 Å². The van der Waals surface area contributed by atoms with Gasteiger partial charge in [0.2, 0.25) is 0 Å². The minimum atomic E-state index is 0.872. The summed E-state index contributed by atoms with van der Waals surface area (Å²) >= 11 is 10.6. The Hall–Kier alpha value is -0.320. The molecular weight excluding hydrogens is 400 g/mol. The van der Waals surface area contributed by atoms with Crippen LogP contribution in [0.15, 0.2) is 48.2 Å². The van der Waals surface area contributed by atoms with Crippen molar-refractivity contribution in [2.45, 2.75) is 0 Å². The van der Waals surface area contributed by atoms with Crippen LogP contribution in [0.3, 0.4) is 0 Å². The molecule has 0 saturated heterocycles. The topological polar surface area (TPSA) is 13.1 Å². The maximum Gasteiger partial charge on any atom is 0.150 e. The lowest BCUT2D eigenvalue weighted by molar-refractivity contribution is 0.664. The molecule has 3 aromatic rings. The van der Waals surface area contributed by atoms with Crippen LogP contribution in [0.25, 0.3) is 21.9 Å². The smallest absolute Gasteiger partial charge is 0.150 e. The number of fused-ring (bicyclic) bond motifs is 3. The second kappa shape index (κ2) is 3.86. The van der Waals surface area contributed by atoms with Gasteiger partial charge in [-0.1, -0.05) is 28.1 Å². The lowest BCUT2D eigenvalue weighted by Gasteiger charge is -1.95. The number of furan rings is 1. The van der Waals surface area contributed by atoms with Gasteiger partial charge in [-0.25, -0.2) is 0 Å². The van der Waals surface area contributed by atoms with Crippen LogP contribution in [0.1, 0.15) is 0 Å². The van der Waals surface area contributed by atoms with Crippen molar-refractivity contribution in [3.63, 3.8) is 0 Å². The van der Waals surface area contributed by atoms with Crippen molar-refractivity contribution in [1.82, 2.24) is 0 Å². The van der Waals surface area contributed by atoms with E-state index in [4.69, 9.17) is 4.42 Å². The van der Waals surface area contributed by atoms with Crippen molar-refractivity contribution in [2.75, 3.05) is 0 Å². The molecule has 0 unspecified atom stereocenters. The molecule has 4 heteroatoms. The molecule has 0 aliphatic carbocycles. The zero-order valence-corrected chi connectivity index (χ0v) is 12.7. The molecule has 0 atom stereocenters. The molecule has 0 bridgehead atoms. The second-order valence-corrected chi connectivity index (χ2v) is 6.01. The van der Waals surface area contributed by atoms with Crippen LogP contribution in [0.5, 0.6) is 0 Å². The Bertz CT molecular complexity index is 700. The zero-order chi connectivity index (χ0) is 11.3. The molecule has 3 rings (SSSR count). The summed E-state index contributed by atoms with van der Waals surface area (Å²) < 4.78 is 8.85. The molecule has 1 aromatic heterocycles. The van der Waals surface area contributed by atoms with Gasteiger partial charge in [-0.2, -0.15) is 0 Å². The summed E-state index contributed by atoms with van der Waals surface area (Å²) in [6, 6.07) is 10.0. The molecule has 16 heavy (non-hydrogen) atoms. The summed E-state index contributed by atoms with van der Waals surface area (Å²) in [5.41, 5.74) is 1.75. The third-order valence-electron chi connectivity index (χ3n) is 2.50. The number of hydrogen-bond donors (Lipinski definition) is 0. The highest BCUT2D eigenvalue weighted by atomic mass is 79.9. The van der Waals surface area contributed by atoms with E-state index < -0.39 is 0 Å². The predicted octanol–water partition coefficient (Wildman–Crippen LogP) is 5.87. The largest absolute Gasteiger partial charge is 0.454 e. The summed E-state index contributed by atoms with van der Waals surface area (Å²) in [7, 11) is 0. The fourth-order valence-corrected chi connectivity index (χ4v) is 3.18. The Morgan fingerprint density at radius 1 is 0.750 bits per heavy atom. The molecule has 1 heterocycles. The van der Waals surface area contributed by atoms with E-state index in [0.717, 1.165) is 35.4 Å². The molecule has 0 fully saturated rings. The third-order valence-corrected chi connectivity index (χ3v) is 4.41. The first-order valence-electron chi connectivity index (χ1n) is 4.63. The van der Waals surface area contributed by atoms with Gasteiger partial charge in [0, 0.05) is 15.2 Å². The van der Waals surface area contributed by atoms with Crippen molar-refractivity contribution in [3.05, 3.63) is 43.7 Å². The Balaban J connectivity index is 2.66. The first-order chi connectivity index (χ1) is 7.68. The molecule has 1 nitrogen and oxygen atoms in total. The van der Waals surface area contributed by atoms with Gasteiger partial charge >= 0.3 is 0 Å². The number of rotatable bonds is 0. The Morgan fingerprint density at radius 2 is 1.44 bits per heavy atom. The van der Waals surface area contributed by atoms with E-state index in [-0.39, 0.29) is 0 Å². The third kappa shape index (κ3) is 1.47. The van der Waals surface area contributed by atoms with Crippen LogP contribution in [0, 0.1) is 0 Å². The maximum atomic E-state index is 5.87. The van der Waals surface area contributed by atoms with Crippen molar-refractivity contribution >= 4 is 69.7 Å². The average molecular weight is 405 g/mol. The number of benzene rings is 2. The highest BCUT2D eigenvalue weighted by Gasteiger charge is 2.13. The molecule has 0 saturated carbocycles. The van der Waals surface area contributed by atoms with Crippen molar-refractivity contribution in [3.8, 4) is 0 Å². The Morgan fingerprint density at radius 3 is 2.25 bits per heavy atom. The maximum absolute atomic E-state index is 5.87. The Kier molecular flexibility index (Phi) is 2.61. The summed E-state index contributed by atoms with van der Waals surface area (Å²) in [6.07, 6.45) is 0. The SMILES string of the molecule is Brc1cccc2c1oc1c(Br)ccc(Br)c12. The van der Waals surface area contributed by atoms with Crippen LogP contribution in [0.4, 0.5) is 0 Å². The predicted molar refractivity (Wildman–Crippen MR) is 76.8 cm³/mol. The molecule has 2 aromatic carbocycles. The first kappa shape index (κ1) is 10.8. The quantitative estimate of drug-likeness (QED) is 0.456. The number of para-hydroxylation sites is 1. The van der Waals surface area contributed by atoms with E-state index >= 15 is 0 Å². The summed E-state index contributed by atoms with van der Waals surface area (Å²) in [5, 5.41) is 2.21. The molecule has 0 spiro atoms. The molecular formula is C12H5Br3O. The van der Waals surface area contributed by atoms with E-state index in [2.05, 4.69) is 53.9 Å². The minimum Gasteiger partial charge on any atom is -0.454 e. The number of halogens is 3. The highest BCUT2D eigenvalue weighted by molar-refractivity contribution is 9.11. The van der Waals surface area contributed by atoms with Gasteiger partial charge in [-0.15, -0.1) is 0 Å². The molecule has 0 radical (unpaired) electrons. The molecule has 0 N–H and O–H groups in total. The lowest BCUT2D eigenvalue weighted by Crippen LogP contribution is -1.71. The van der Waals surface area contributed by atoms with E-state index in [1.54, 1.807) is 0 Å². The van der Waals surface area contributed by atoms with E-state index in [1.165, 1.54) is 0 Å². The summed E-state index contributed by atoms with van der Waals surface area (Å²) in [5.74, 6) is 0. The molecule has 0 aliphatic rings. The van der Waals surface area contributed by atoms with Crippen molar-refractivity contribution in [1.29, 1.82) is 0 Å². The van der Waals surface area contributed by atoms with Crippen molar-refractivity contribution < 1.29 is 4.42 Å². The minimum absolute atomic E-state index is 0.872. The summed E-state index contributed by atoms with van der Waals surface area (Å²) in [6.45, 7) is 0. The van der Waals surface area contributed by atoms with Crippen LogP contribution < -0.4 is 0 Å². The van der Waals surface area contributed by atoms with Gasteiger partial charge < -0.3 is 4.42 Å². The van der Waals surface area contributed by atoms with Crippen LogP contribution in [-0.4, -0.2) is 0 Å². The van der Waals surface area contributed by atoms with Crippen LogP contribution in [-0.2, 0) is 0 Å². The van der Waals surface area contributed by atoms with Gasteiger partial charge in [0.25, 0.3) is 0 Å². The zero-order valence-electron chi connectivity index (χ0n) is 7.93. The average Bonchev–Trinajstić information content (AvgIpc) is 2.66.